The number of nitrogens with zero attached hydrogens (tertiary/aromatic N) is 2. The van der Waals surface area contributed by atoms with E-state index in [0.717, 1.165) is 0 Å². The summed E-state index contributed by atoms with van der Waals surface area (Å²) >= 11 is 0. The second-order valence-electron chi connectivity index (χ2n) is 5.62. The molecule has 3 rings (SSSR count). The Hall–Kier alpha value is -3.75. The number of carbonyl (C=O) groups excluding carboxylic acids is 2. The number of aromatic nitrogens is 2. The number of benzene rings is 2. The lowest BCUT2D eigenvalue weighted by molar-refractivity contribution is 0.0430. The molecule has 0 bridgehead atoms. The zero-order chi connectivity index (χ0) is 19.4. The molecule has 1 aromatic heterocycles. The van der Waals surface area contributed by atoms with E-state index in [1.165, 1.54) is 30.3 Å². The Morgan fingerprint density at radius 2 is 1.96 bits per heavy atom. The fourth-order valence-corrected chi connectivity index (χ4v) is 2.21. The van der Waals surface area contributed by atoms with Crippen LogP contribution in [0.2, 0.25) is 0 Å². The number of urea groups is 1. The smallest absolute Gasteiger partial charge is 0.338 e. The van der Waals surface area contributed by atoms with E-state index in [1.807, 2.05) is 0 Å². The van der Waals surface area contributed by atoms with Gasteiger partial charge in [0.15, 0.2) is 6.61 Å². The topological polar surface area (TPSA) is 120 Å². The number of amides is 2. The Morgan fingerprint density at radius 3 is 2.63 bits per heavy atom. The molecule has 0 aliphatic heterocycles. The van der Waals surface area contributed by atoms with Crippen molar-refractivity contribution in [2.45, 2.75) is 13.5 Å². The maximum absolute atomic E-state index is 13.6. The van der Waals surface area contributed by atoms with Crippen molar-refractivity contribution in [2.24, 2.45) is 5.73 Å². The molecule has 3 N–H and O–H groups in total. The van der Waals surface area contributed by atoms with E-state index in [0.29, 0.717) is 16.8 Å². The van der Waals surface area contributed by atoms with Crippen LogP contribution in [0, 0.1) is 12.7 Å². The summed E-state index contributed by atoms with van der Waals surface area (Å²) < 4.78 is 23.7. The lowest BCUT2D eigenvalue weighted by atomic mass is 10.1. The zero-order valence-corrected chi connectivity index (χ0v) is 14.2. The van der Waals surface area contributed by atoms with Crippen molar-refractivity contribution in [3.63, 3.8) is 0 Å². The lowest BCUT2D eigenvalue weighted by Crippen LogP contribution is -2.19. The average molecular weight is 370 g/mol. The Bertz CT molecular complexity index is 985. The van der Waals surface area contributed by atoms with Crippen molar-refractivity contribution >= 4 is 17.7 Å². The van der Waals surface area contributed by atoms with Gasteiger partial charge in [0.05, 0.1) is 5.56 Å². The van der Waals surface area contributed by atoms with Gasteiger partial charge in [0, 0.05) is 11.3 Å². The normalized spacial score (nSPS) is 10.4. The van der Waals surface area contributed by atoms with Crippen molar-refractivity contribution in [1.82, 2.24) is 10.1 Å². The van der Waals surface area contributed by atoms with Crippen LogP contribution in [0.3, 0.4) is 0 Å². The van der Waals surface area contributed by atoms with E-state index in [-0.39, 0.29) is 29.7 Å². The molecule has 0 atom stereocenters. The number of primary amides is 1. The van der Waals surface area contributed by atoms with Crippen LogP contribution in [-0.4, -0.2) is 22.1 Å². The van der Waals surface area contributed by atoms with Crippen molar-refractivity contribution < 1.29 is 23.2 Å². The first-order chi connectivity index (χ1) is 12.9. The number of nitrogens with one attached hydrogen (secondary N) is 1. The molecular formula is C18H15FN4O4. The molecular weight excluding hydrogens is 355 g/mol. The summed E-state index contributed by atoms with van der Waals surface area (Å²) in [6, 6.07) is 9.85. The SMILES string of the molecule is Cc1ccc(-c2noc(COC(=O)c3ccc(NC(N)=O)cc3)n2)cc1F. The van der Waals surface area contributed by atoms with Gasteiger partial charge < -0.3 is 20.3 Å². The van der Waals surface area contributed by atoms with Crippen LogP contribution in [0.15, 0.2) is 47.0 Å². The van der Waals surface area contributed by atoms with Gasteiger partial charge in [0.25, 0.3) is 5.89 Å². The van der Waals surface area contributed by atoms with E-state index in [1.54, 1.807) is 19.1 Å². The molecule has 0 spiro atoms. The summed E-state index contributed by atoms with van der Waals surface area (Å²) in [6.07, 6.45) is 0. The third-order valence-electron chi connectivity index (χ3n) is 3.61. The van der Waals surface area contributed by atoms with Crippen molar-refractivity contribution in [3.05, 3.63) is 65.3 Å². The number of nitrogens with two attached hydrogens (primary N) is 1. The molecule has 3 aromatic rings. The van der Waals surface area contributed by atoms with Crippen molar-refractivity contribution in [3.8, 4) is 11.4 Å². The third kappa shape index (κ3) is 4.46. The van der Waals surface area contributed by atoms with Gasteiger partial charge in [-0.3, -0.25) is 0 Å². The van der Waals surface area contributed by atoms with E-state index < -0.39 is 12.0 Å². The molecule has 0 saturated carbocycles. The maximum Gasteiger partial charge on any atom is 0.338 e. The number of ether oxygens (including phenoxy) is 1. The van der Waals surface area contributed by atoms with Crippen LogP contribution < -0.4 is 11.1 Å². The number of hydrogen-bond donors (Lipinski definition) is 2. The molecule has 8 nitrogen and oxygen atoms in total. The van der Waals surface area contributed by atoms with Crippen LogP contribution in [0.4, 0.5) is 14.9 Å². The minimum absolute atomic E-state index is 0.0753. The highest BCUT2D eigenvalue weighted by atomic mass is 19.1. The van der Waals surface area contributed by atoms with Gasteiger partial charge in [0.1, 0.15) is 5.82 Å². The predicted molar refractivity (Wildman–Crippen MR) is 93.2 cm³/mol. The summed E-state index contributed by atoms with van der Waals surface area (Å²) in [4.78, 5) is 26.9. The first-order valence-corrected chi connectivity index (χ1v) is 7.85. The molecule has 0 radical (unpaired) electrons. The highest BCUT2D eigenvalue weighted by Crippen LogP contribution is 2.19. The van der Waals surface area contributed by atoms with Crippen LogP contribution in [0.25, 0.3) is 11.4 Å². The van der Waals surface area contributed by atoms with E-state index in [9.17, 15) is 14.0 Å². The second kappa shape index (κ2) is 7.65. The Morgan fingerprint density at radius 1 is 1.22 bits per heavy atom. The summed E-state index contributed by atoms with van der Waals surface area (Å²) in [7, 11) is 0. The van der Waals surface area contributed by atoms with E-state index >= 15 is 0 Å². The van der Waals surface area contributed by atoms with Gasteiger partial charge in [-0.25, -0.2) is 14.0 Å². The predicted octanol–water partition coefficient (Wildman–Crippen LogP) is 3.03. The van der Waals surface area contributed by atoms with Crippen LogP contribution >= 0.6 is 0 Å². The molecule has 0 saturated heterocycles. The minimum Gasteiger partial charge on any atom is -0.452 e. The molecule has 0 aliphatic rings. The third-order valence-corrected chi connectivity index (χ3v) is 3.61. The first-order valence-electron chi connectivity index (χ1n) is 7.85. The fourth-order valence-electron chi connectivity index (χ4n) is 2.21. The monoisotopic (exact) mass is 370 g/mol. The van der Waals surface area contributed by atoms with Gasteiger partial charge in [-0.2, -0.15) is 4.98 Å². The first kappa shape index (κ1) is 18.1. The number of carbonyl (C=O) groups is 2. The van der Waals surface area contributed by atoms with Gasteiger partial charge in [-0.15, -0.1) is 0 Å². The molecule has 1 heterocycles. The van der Waals surface area contributed by atoms with Crippen LogP contribution in [-0.2, 0) is 11.3 Å². The standard InChI is InChI=1S/C18H15FN4O4/c1-10-2-3-12(8-14(10)19)16-22-15(27-23-16)9-26-17(24)11-4-6-13(7-5-11)21-18(20)25/h2-8H,9H2,1H3,(H3,20,21,25). The highest BCUT2D eigenvalue weighted by molar-refractivity contribution is 5.91. The van der Waals surface area contributed by atoms with Gasteiger partial charge in [0.2, 0.25) is 5.82 Å². The lowest BCUT2D eigenvalue weighted by Gasteiger charge is -2.04. The fraction of sp³-hybridized carbons (Fsp3) is 0.111. The molecule has 2 amide bonds. The summed E-state index contributed by atoms with van der Waals surface area (Å²) in [6.45, 7) is 1.41. The van der Waals surface area contributed by atoms with Crippen LogP contribution in [0.5, 0.6) is 0 Å². The zero-order valence-electron chi connectivity index (χ0n) is 14.2. The maximum atomic E-state index is 13.6. The van der Waals surface area contributed by atoms with E-state index in [2.05, 4.69) is 15.5 Å². The molecule has 0 fully saturated rings. The summed E-state index contributed by atoms with van der Waals surface area (Å²) in [5.74, 6) is -0.713. The molecule has 138 valence electrons. The minimum atomic E-state index is -0.703. The summed E-state index contributed by atoms with van der Waals surface area (Å²) in [5.41, 5.74) is 6.69. The number of halogens is 1. The van der Waals surface area contributed by atoms with Crippen molar-refractivity contribution in [1.29, 1.82) is 0 Å². The molecule has 0 unspecified atom stereocenters. The Labute approximate surface area is 153 Å². The van der Waals surface area contributed by atoms with Gasteiger partial charge in [-0.1, -0.05) is 17.3 Å². The van der Waals surface area contributed by atoms with Gasteiger partial charge >= 0.3 is 12.0 Å². The Balaban J connectivity index is 1.61. The second-order valence-corrected chi connectivity index (χ2v) is 5.62. The number of hydrogen-bond acceptors (Lipinski definition) is 6. The Kier molecular flexibility index (Phi) is 5.11. The number of anilines is 1. The number of esters is 1. The number of aryl methyl sites for hydroxylation is 1. The van der Waals surface area contributed by atoms with Gasteiger partial charge in [-0.05, 0) is 42.8 Å². The van der Waals surface area contributed by atoms with E-state index in [4.69, 9.17) is 15.0 Å². The molecule has 27 heavy (non-hydrogen) atoms. The highest BCUT2D eigenvalue weighted by Gasteiger charge is 2.13. The number of rotatable bonds is 5. The molecule has 0 aliphatic carbocycles. The van der Waals surface area contributed by atoms with Crippen molar-refractivity contribution in [2.75, 3.05) is 5.32 Å². The summed E-state index contributed by atoms with van der Waals surface area (Å²) in [5, 5.41) is 6.13. The molecule has 9 heteroatoms. The van der Waals surface area contributed by atoms with Crippen LogP contribution in [0.1, 0.15) is 21.8 Å². The quantitative estimate of drug-likeness (QED) is 0.666. The average Bonchev–Trinajstić information content (AvgIpc) is 3.11. The molecule has 2 aromatic carbocycles. The largest absolute Gasteiger partial charge is 0.452 e.